The Bertz CT molecular complexity index is 503. The van der Waals surface area contributed by atoms with Gasteiger partial charge in [0, 0.05) is 18.7 Å². The maximum atomic E-state index is 11.4. The molecule has 1 fully saturated rings. The van der Waals surface area contributed by atoms with Gasteiger partial charge in [-0.15, -0.1) is 0 Å². The fourth-order valence-electron chi connectivity index (χ4n) is 2.88. The molecule has 0 radical (unpaired) electrons. The normalized spacial score (nSPS) is 22.9. The van der Waals surface area contributed by atoms with Crippen LogP contribution in [0, 0.1) is 5.41 Å². The summed E-state index contributed by atoms with van der Waals surface area (Å²) in [5, 5.41) is 19.2. The third-order valence-electron chi connectivity index (χ3n) is 4.24. The van der Waals surface area contributed by atoms with Crippen molar-refractivity contribution >= 4 is 5.97 Å². The van der Waals surface area contributed by atoms with Gasteiger partial charge in [-0.1, -0.05) is 19.1 Å². The van der Waals surface area contributed by atoms with Crippen molar-refractivity contribution in [2.75, 3.05) is 20.2 Å². The summed E-state index contributed by atoms with van der Waals surface area (Å²) in [5.41, 5.74) is 0.245. The first-order valence-corrected chi connectivity index (χ1v) is 6.83. The molecule has 0 aliphatic carbocycles. The van der Waals surface area contributed by atoms with Gasteiger partial charge in [-0.3, -0.25) is 9.69 Å². The molecule has 5 heteroatoms. The summed E-state index contributed by atoms with van der Waals surface area (Å²) >= 11 is 0. The molecular weight excluding hydrogens is 258 g/mol. The van der Waals surface area contributed by atoms with Crippen molar-refractivity contribution in [1.82, 2.24) is 4.90 Å². The molecule has 2 rings (SSSR count). The van der Waals surface area contributed by atoms with Gasteiger partial charge in [0.15, 0.2) is 11.5 Å². The smallest absolute Gasteiger partial charge is 0.310 e. The summed E-state index contributed by atoms with van der Waals surface area (Å²) in [4.78, 5) is 13.5. The fourth-order valence-corrected chi connectivity index (χ4v) is 2.88. The molecule has 0 amide bonds. The summed E-state index contributed by atoms with van der Waals surface area (Å²) in [5.74, 6) is -0.133. The largest absolute Gasteiger partial charge is 0.504 e. The number of likely N-dealkylation sites (tertiary alicyclic amines) is 1. The molecule has 1 aliphatic heterocycles. The van der Waals surface area contributed by atoms with Crippen LogP contribution in [-0.2, 0) is 11.3 Å². The van der Waals surface area contributed by atoms with Crippen molar-refractivity contribution in [3.63, 3.8) is 0 Å². The molecule has 0 saturated carbocycles. The number of methoxy groups -OCH3 is 1. The third-order valence-corrected chi connectivity index (χ3v) is 4.24. The van der Waals surface area contributed by atoms with Crippen LogP contribution in [0.4, 0.5) is 0 Å². The van der Waals surface area contributed by atoms with Gasteiger partial charge in [0.2, 0.25) is 0 Å². The van der Waals surface area contributed by atoms with E-state index in [2.05, 4.69) is 4.90 Å². The molecule has 2 N–H and O–H groups in total. The molecule has 1 aliphatic rings. The van der Waals surface area contributed by atoms with Crippen LogP contribution in [0.15, 0.2) is 18.2 Å². The van der Waals surface area contributed by atoms with Crippen LogP contribution in [0.3, 0.4) is 0 Å². The minimum Gasteiger partial charge on any atom is -0.504 e. The van der Waals surface area contributed by atoms with Crippen molar-refractivity contribution in [1.29, 1.82) is 0 Å². The zero-order valence-corrected chi connectivity index (χ0v) is 11.9. The van der Waals surface area contributed by atoms with Crippen LogP contribution < -0.4 is 4.74 Å². The molecule has 1 aromatic carbocycles. The van der Waals surface area contributed by atoms with Gasteiger partial charge >= 0.3 is 5.97 Å². The summed E-state index contributed by atoms with van der Waals surface area (Å²) in [6.07, 6.45) is 1.30. The summed E-state index contributed by atoms with van der Waals surface area (Å²) in [7, 11) is 1.52. The summed E-state index contributed by atoms with van der Waals surface area (Å²) in [6, 6.07) is 5.25. The Hall–Kier alpha value is -1.75. The zero-order chi connectivity index (χ0) is 14.8. The molecule has 1 unspecified atom stereocenters. The molecule has 1 heterocycles. The minimum absolute atomic E-state index is 0.115. The van der Waals surface area contributed by atoms with Crippen molar-refractivity contribution in [3.05, 3.63) is 23.8 Å². The first-order valence-electron chi connectivity index (χ1n) is 6.83. The van der Waals surface area contributed by atoms with Gasteiger partial charge in [-0.25, -0.2) is 0 Å². The van der Waals surface area contributed by atoms with Crippen molar-refractivity contribution in [2.24, 2.45) is 5.41 Å². The number of hydrogen-bond acceptors (Lipinski definition) is 4. The quantitative estimate of drug-likeness (QED) is 0.863. The van der Waals surface area contributed by atoms with E-state index in [1.165, 1.54) is 7.11 Å². The molecule has 0 bridgehead atoms. The number of ether oxygens (including phenoxy) is 1. The number of para-hydroxylation sites is 1. The number of aliphatic carboxylic acids is 1. The fraction of sp³-hybridized carbons (Fsp3) is 0.533. The summed E-state index contributed by atoms with van der Waals surface area (Å²) < 4.78 is 5.22. The summed E-state index contributed by atoms with van der Waals surface area (Å²) in [6.45, 7) is 3.80. The topological polar surface area (TPSA) is 70.0 Å². The lowest BCUT2D eigenvalue weighted by Gasteiger charge is -2.23. The average Bonchev–Trinajstić information content (AvgIpc) is 2.84. The maximum Gasteiger partial charge on any atom is 0.310 e. The monoisotopic (exact) mass is 279 g/mol. The third kappa shape index (κ3) is 2.58. The Morgan fingerprint density at radius 1 is 1.50 bits per heavy atom. The second-order valence-electron chi connectivity index (χ2n) is 5.37. The van der Waals surface area contributed by atoms with E-state index >= 15 is 0 Å². The van der Waals surface area contributed by atoms with E-state index in [1.54, 1.807) is 12.1 Å². The van der Waals surface area contributed by atoms with Crippen molar-refractivity contribution < 1.29 is 19.7 Å². The Kier molecular flexibility index (Phi) is 4.18. The molecule has 110 valence electrons. The number of benzene rings is 1. The molecular formula is C15H21NO4. The highest BCUT2D eigenvalue weighted by Gasteiger charge is 2.43. The Morgan fingerprint density at radius 3 is 2.80 bits per heavy atom. The molecule has 0 aromatic heterocycles. The van der Waals surface area contributed by atoms with Crippen LogP contribution >= 0.6 is 0 Å². The number of hydrogen-bond donors (Lipinski definition) is 2. The van der Waals surface area contributed by atoms with Gasteiger partial charge in [0.25, 0.3) is 0 Å². The second-order valence-corrected chi connectivity index (χ2v) is 5.37. The number of carbonyl (C=O) groups is 1. The van der Waals surface area contributed by atoms with Crippen LogP contribution in [-0.4, -0.2) is 41.3 Å². The van der Waals surface area contributed by atoms with Gasteiger partial charge in [0.1, 0.15) is 0 Å². The number of carboxylic acids is 1. The zero-order valence-electron chi connectivity index (χ0n) is 11.9. The van der Waals surface area contributed by atoms with E-state index in [9.17, 15) is 15.0 Å². The van der Waals surface area contributed by atoms with Crippen molar-refractivity contribution in [3.8, 4) is 11.5 Å². The van der Waals surface area contributed by atoms with Crippen LogP contribution in [0.5, 0.6) is 11.5 Å². The Morgan fingerprint density at radius 2 is 2.25 bits per heavy atom. The van der Waals surface area contributed by atoms with E-state index in [0.29, 0.717) is 31.7 Å². The van der Waals surface area contributed by atoms with Crippen LogP contribution in [0.2, 0.25) is 0 Å². The molecule has 5 nitrogen and oxygen atoms in total. The number of carboxylic acid groups (broad SMARTS) is 1. The number of nitrogens with zero attached hydrogens (tertiary/aromatic N) is 1. The number of phenols is 1. The first-order chi connectivity index (χ1) is 9.52. The van der Waals surface area contributed by atoms with Crippen LogP contribution in [0.1, 0.15) is 25.3 Å². The molecule has 0 spiro atoms. The second kappa shape index (κ2) is 5.71. The lowest BCUT2D eigenvalue weighted by molar-refractivity contribution is -0.148. The predicted molar refractivity (Wildman–Crippen MR) is 74.9 cm³/mol. The van der Waals surface area contributed by atoms with E-state index in [0.717, 1.165) is 12.1 Å². The number of aromatic hydroxyl groups is 1. The number of phenolic OH excluding ortho intramolecular Hbond substituents is 1. The van der Waals surface area contributed by atoms with E-state index in [1.807, 2.05) is 13.0 Å². The van der Waals surface area contributed by atoms with E-state index < -0.39 is 11.4 Å². The lowest BCUT2D eigenvalue weighted by Crippen LogP contribution is -2.33. The van der Waals surface area contributed by atoms with Gasteiger partial charge in [0.05, 0.1) is 12.5 Å². The predicted octanol–water partition coefficient (Wildman–Crippen LogP) is 2.09. The lowest BCUT2D eigenvalue weighted by atomic mass is 9.84. The van der Waals surface area contributed by atoms with Gasteiger partial charge in [-0.05, 0) is 25.5 Å². The Labute approximate surface area is 118 Å². The molecule has 1 saturated heterocycles. The standard InChI is InChI=1S/C15H21NO4/c1-3-15(14(18)19)7-8-16(10-15)9-11-5-4-6-12(17)13(11)20-2/h4-6,17H,3,7-10H2,1-2H3,(H,18,19). The van der Waals surface area contributed by atoms with Gasteiger partial charge in [-0.2, -0.15) is 0 Å². The Balaban J connectivity index is 2.13. The highest BCUT2D eigenvalue weighted by atomic mass is 16.5. The van der Waals surface area contributed by atoms with Crippen molar-refractivity contribution in [2.45, 2.75) is 26.3 Å². The minimum atomic E-state index is -0.717. The first kappa shape index (κ1) is 14.7. The van der Waals surface area contributed by atoms with E-state index in [4.69, 9.17) is 4.74 Å². The average molecular weight is 279 g/mol. The highest BCUT2D eigenvalue weighted by Crippen LogP contribution is 2.37. The maximum absolute atomic E-state index is 11.4. The molecule has 20 heavy (non-hydrogen) atoms. The van der Waals surface area contributed by atoms with Crippen LogP contribution in [0.25, 0.3) is 0 Å². The highest BCUT2D eigenvalue weighted by molar-refractivity contribution is 5.75. The van der Waals surface area contributed by atoms with Gasteiger partial charge < -0.3 is 14.9 Å². The van der Waals surface area contributed by atoms with E-state index in [-0.39, 0.29) is 5.75 Å². The molecule has 1 atom stereocenters. The SMILES string of the molecule is CCC1(C(=O)O)CCN(Cc2cccc(O)c2OC)C1. The number of rotatable bonds is 5. The molecule has 1 aromatic rings.